The van der Waals surface area contributed by atoms with E-state index in [4.69, 9.17) is 4.74 Å². The Bertz CT molecular complexity index is 795. The highest BCUT2D eigenvalue weighted by molar-refractivity contribution is 7.99. The number of carbonyl (C=O) groups excluding carboxylic acids is 1. The van der Waals surface area contributed by atoms with Gasteiger partial charge in [-0.15, -0.1) is 0 Å². The van der Waals surface area contributed by atoms with Crippen LogP contribution in [0.4, 0.5) is 0 Å². The van der Waals surface area contributed by atoms with Crippen molar-refractivity contribution in [2.24, 2.45) is 0 Å². The quantitative estimate of drug-likeness (QED) is 0.426. The lowest BCUT2D eigenvalue weighted by molar-refractivity contribution is -0.131. The Hall–Kier alpha value is -1.38. The first-order valence-electron chi connectivity index (χ1n) is 11.7. The van der Waals surface area contributed by atoms with Crippen molar-refractivity contribution in [1.82, 2.24) is 19.4 Å². The number of morpholine rings is 1. The minimum Gasteiger partial charge on any atom is -0.379 e. The standard InChI is InChI=1S/C23H38N4O3S/c1-17(2)27(18(3)4)21(28)16-31-22-19-8-5-6-9-20(19)26(23(29)24-22)11-7-10-25-12-14-30-15-13-25/h17-18H,5-16H2,1-4H3. The second kappa shape index (κ2) is 11.5. The summed E-state index contributed by atoms with van der Waals surface area (Å²) in [5.41, 5.74) is 2.17. The highest BCUT2D eigenvalue weighted by Gasteiger charge is 2.24. The Kier molecular flexibility index (Phi) is 8.98. The maximum absolute atomic E-state index is 12.9. The summed E-state index contributed by atoms with van der Waals surface area (Å²) in [6.45, 7) is 13.4. The van der Waals surface area contributed by atoms with Crippen LogP contribution in [0, 0.1) is 0 Å². The second-order valence-electron chi connectivity index (χ2n) is 9.07. The van der Waals surface area contributed by atoms with E-state index in [0.29, 0.717) is 12.3 Å². The van der Waals surface area contributed by atoms with Crippen LogP contribution in [0.1, 0.15) is 58.2 Å². The molecule has 1 aromatic rings. The first kappa shape index (κ1) is 24.3. The molecular formula is C23H38N4O3S. The van der Waals surface area contributed by atoms with Crippen LogP contribution in [0.2, 0.25) is 0 Å². The van der Waals surface area contributed by atoms with Gasteiger partial charge in [0.1, 0.15) is 5.03 Å². The molecule has 1 aliphatic carbocycles. The highest BCUT2D eigenvalue weighted by atomic mass is 32.2. The van der Waals surface area contributed by atoms with E-state index in [1.807, 2.05) is 37.2 Å². The van der Waals surface area contributed by atoms with Crippen molar-refractivity contribution in [2.75, 3.05) is 38.6 Å². The number of thioether (sulfide) groups is 1. The van der Waals surface area contributed by atoms with Crippen LogP contribution < -0.4 is 5.69 Å². The van der Waals surface area contributed by atoms with Gasteiger partial charge in [0.2, 0.25) is 5.91 Å². The topological polar surface area (TPSA) is 67.7 Å². The lowest BCUT2D eigenvalue weighted by Gasteiger charge is -2.31. The number of hydrogen-bond donors (Lipinski definition) is 0. The fourth-order valence-electron chi connectivity index (χ4n) is 4.75. The molecule has 0 saturated carbocycles. The van der Waals surface area contributed by atoms with E-state index >= 15 is 0 Å². The molecule has 2 aliphatic rings. The molecule has 1 amide bonds. The molecule has 1 saturated heterocycles. The molecule has 174 valence electrons. The zero-order valence-corrected chi connectivity index (χ0v) is 20.4. The fraction of sp³-hybridized carbons (Fsp3) is 0.783. The van der Waals surface area contributed by atoms with Gasteiger partial charge in [0.15, 0.2) is 0 Å². The van der Waals surface area contributed by atoms with Crippen molar-refractivity contribution in [3.63, 3.8) is 0 Å². The Morgan fingerprint density at radius 1 is 1.10 bits per heavy atom. The maximum Gasteiger partial charge on any atom is 0.348 e. The van der Waals surface area contributed by atoms with Crippen LogP contribution in [0.15, 0.2) is 9.82 Å². The van der Waals surface area contributed by atoms with E-state index in [9.17, 15) is 9.59 Å². The lowest BCUT2D eigenvalue weighted by atomic mass is 9.97. The molecule has 31 heavy (non-hydrogen) atoms. The highest BCUT2D eigenvalue weighted by Crippen LogP contribution is 2.29. The number of ether oxygens (including phenoxy) is 1. The van der Waals surface area contributed by atoms with Gasteiger partial charge in [0.05, 0.1) is 19.0 Å². The van der Waals surface area contributed by atoms with E-state index in [1.165, 1.54) is 17.3 Å². The van der Waals surface area contributed by atoms with E-state index < -0.39 is 0 Å². The number of amides is 1. The third-order valence-corrected chi connectivity index (χ3v) is 7.15. The van der Waals surface area contributed by atoms with Gasteiger partial charge in [-0.2, -0.15) is 4.98 Å². The molecule has 0 spiro atoms. The number of aromatic nitrogens is 2. The summed E-state index contributed by atoms with van der Waals surface area (Å²) >= 11 is 1.44. The Labute approximate surface area is 190 Å². The maximum atomic E-state index is 12.9. The van der Waals surface area contributed by atoms with Crippen LogP contribution in [-0.2, 0) is 28.9 Å². The summed E-state index contributed by atoms with van der Waals surface area (Å²) in [4.78, 5) is 34.4. The average Bonchev–Trinajstić information content (AvgIpc) is 2.74. The molecule has 1 fully saturated rings. The van der Waals surface area contributed by atoms with Crippen molar-refractivity contribution < 1.29 is 9.53 Å². The minimum absolute atomic E-state index is 0.107. The fourth-order valence-corrected chi connectivity index (χ4v) is 5.70. The predicted octanol–water partition coefficient (Wildman–Crippen LogP) is 2.58. The molecular weight excluding hydrogens is 412 g/mol. The molecule has 8 heteroatoms. The third-order valence-electron chi connectivity index (χ3n) is 6.14. The minimum atomic E-state index is -0.165. The molecule has 1 aliphatic heterocycles. The number of nitrogens with zero attached hydrogens (tertiary/aromatic N) is 4. The lowest BCUT2D eigenvalue weighted by Crippen LogP contribution is -2.43. The van der Waals surface area contributed by atoms with Gasteiger partial charge < -0.3 is 9.64 Å². The van der Waals surface area contributed by atoms with Crippen molar-refractivity contribution in [1.29, 1.82) is 0 Å². The number of hydrogen-bond acceptors (Lipinski definition) is 6. The zero-order chi connectivity index (χ0) is 22.4. The Morgan fingerprint density at radius 2 is 1.77 bits per heavy atom. The van der Waals surface area contributed by atoms with Crippen molar-refractivity contribution in [2.45, 2.75) is 83.5 Å². The zero-order valence-electron chi connectivity index (χ0n) is 19.6. The summed E-state index contributed by atoms with van der Waals surface area (Å²) in [6.07, 6.45) is 5.04. The van der Waals surface area contributed by atoms with E-state index in [2.05, 4.69) is 9.88 Å². The Morgan fingerprint density at radius 3 is 2.45 bits per heavy atom. The molecule has 0 aromatic carbocycles. The summed E-state index contributed by atoms with van der Waals surface area (Å²) in [6, 6.07) is 0.323. The SMILES string of the molecule is CC(C)N(C(=O)CSc1nc(=O)n(CCCN2CCOCC2)c2c1CCCC2)C(C)C. The molecule has 3 rings (SSSR count). The van der Waals surface area contributed by atoms with Crippen molar-refractivity contribution in [3.05, 3.63) is 21.7 Å². The summed E-state index contributed by atoms with van der Waals surface area (Å²) in [7, 11) is 0. The van der Waals surface area contributed by atoms with Gasteiger partial charge in [0, 0.05) is 49.5 Å². The predicted molar refractivity (Wildman–Crippen MR) is 125 cm³/mol. The second-order valence-corrected chi connectivity index (χ2v) is 10.0. The van der Waals surface area contributed by atoms with Crippen LogP contribution in [0.5, 0.6) is 0 Å². The monoisotopic (exact) mass is 450 g/mol. The van der Waals surface area contributed by atoms with E-state index in [1.54, 1.807) is 0 Å². The molecule has 0 bridgehead atoms. The normalized spacial score (nSPS) is 17.2. The van der Waals surface area contributed by atoms with Crippen molar-refractivity contribution in [3.8, 4) is 0 Å². The van der Waals surface area contributed by atoms with Gasteiger partial charge in [-0.1, -0.05) is 11.8 Å². The molecule has 0 N–H and O–H groups in total. The summed E-state index contributed by atoms with van der Waals surface area (Å²) < 4.78 is 7.31. The first-order chi connectivity index (χ1) is 14.9. The average molecular weight is 451 g/mol. The van der Waals surface area contributed by atoms with Crippen LogP contribution in [-0.4, -0.2) is 75.9 Å². The van der Waals surface area contributed by atoms with Gasteiger partial charge in [-0.3, -0.25) is 14.3 Å². The van der Waals surface area contributed by atoms with Crippen LogP contribution in [0.25, 0.3) is 0 Å². The smallest absolute Gasteiger partial charge is 0.348 e. The summed E-state index contributed by atoms with van der Waals surface area (Å²) in [5.74, 6) is 0.437. The van der Waals surface area contributed by atoms with Gasteiger partial charge >= 0.3 is 5.69 Å². The molecule has 1 aromatic heterocycles. The van der Waals surface area contributed by atoms with Gasteiger partial charge in [-0.05, 0) is 59.8 Å². The molecule has 2 heterocycles. The van der Waals surface area contributed by atoms with Crippen LogP contribution in [0.3, 0.4) is 0 Å². The Balaban J connectivity index is 1.70. The molecule has 0 unspecified atom stereocenters. The van der Waals surface area contributed by atoms with Crippen LogP contribution >= 0.6 is 11.8 Å². The van der Waals surface area contributed by atoms with E-state index in [-0.39, 0.29) is 23.7 Å². The molecule has 0 radical (unpaired) electrons. The summed E-state index contributed by atoms with van der Waals surface area (Å²) in [5, 5.41) is 0.768. The largest absolute Gasteiger partial charge is 0.379 e. The third kappa shape index (κ3) is 6.33. The van der Waals surface area contributed by atoms with Gasteiger partial charge in [-0.25, -0.2) is 4.79 Å². The van der Waals surface area contributed by atoms with Gasteiger partial charge in [0.25, 0.3) is 0 Å². The number of carbonyl (C=O) groups is 1. The first-order valence-corrected chi connectivity index (χ1v) is 12.7. The number of rotatable bonds is 9. The van der Waals surface area contributed by atoms with E-state index in [0.717, 1.165) is 75.7 Å². The number of fused-ring (bicyclic) bond motifs is 1. The van der Waals surface area contributed by atoms with Crippen molar-refractivity contribution >= 4 is 17.7 Å². The molecule has 7 nitrogen and oxygen atoms in total. The molecule has 0 atom stereocenters.